The van der Waals surface area contributed by atoms with Gasteiger partial charge in [-0.3, -0.25) is 4.79 Å². The van der Waals surface area contributed by atoms with Crippen LogP contribution >= 0.6 is 0 Å². The van der Waals surface area contributed by atoms with Crippen molar-refractivity contribution in [3.63, 3.8) is 0 Å². The van der Waals surface area contributed by atoms with E-state index in [4.69, 9.17) is 9.47 Å². The van der Waals surface area contributed by atoms with Gasteiger partial charge in [-0.25, -0.2) is 5.43 Å². The van der Waals surface area contributed by atoms with E-state index < -0.39 is 17.6 Å². The number of nitrogens with one attached hydrogen (secondary N) is 1. The van der Waals surface area contributed by atoms with Crippen molar-refractivity contribution in [2.75, 3.05) is 13.7 Å². The van der Waals surface area contributed by atoms with Crippen molar-refractivity contribution in [1.29, 1.82) is 0 Å². The number of hydrogen-bond acceptors (Lipinski definition) is 4. The van der Waals surface area contributed by atoms with Crippen molar-refractivity contribution < 1.29 is 27.4 Å². The van der Waals surface area contributed by atoms with E-state index >= 15 is 0 Å². The van der Waals surface area contributed by atoms with Crippen LogP contribution in [0.3, 0.4) is 0 Å². The number of hydrogen-bond donors (Lipinski definition) is 1. The maximum Gasteiger partial charge on any atom is 0.417 e. The van der Waals surface area contributed by atoms with Crippen LogP contribution < -0.4 is 14.9 Å². The number of nitrogens with zero attached hydrogens (tertiary/aromatic N) is 1. The van der Waals surface area contributed by atoms with Crippen LogP contribution in [-0.4, -0.2) is 25.8 Å². The highest BCUT2D eigenvalue weighted by Crippen LogP contribution is 2.31. The van der Waals surface area contributed by atoms with Gasteiger partial charge in [0.1, 0.15) is 0 Å². The summed E-state index contributed by atoms with van der Waals surface area (Å²) in [5.74, 6) is 0.205. The van der Waals surface area contributed by atoms with E-state index in [2.05, 4.69) is 10.5 Å². The standard InChI is InChI=1S/C17H15F3N2O3/c1-24-14-8-4-5-9-15(14)25-11-16(23)22-21-10-12-6-2-3-7-13(12)17(18,19)20/h2-10H,11H2,1H3,(H,22,23)/b21-10+. The monoisotopic (exact) mass is 352 g/mol. The first-order valence-electron chi connectivity index (χ1n) is 7.15. The highest BCUT2D eigenvalue weighted by molar-refractivity contribution is 5.84. The topological polar surface area (TPSA) is 59.9 Å². The molecule has 1 N–H and O–H groups in total. The number of para-hydroxylation sites is 2. The lowest BCUT2D eigenvalue weighted by Crippen LogP contribution is -2.24. The highest BCUT2D eigenvalue weighted by atomic mass is 19.4. The molecular weight excluding hydrogens is 337 g/mol. The van der Waals surface area contributed by atoms with Crippen LogP contribution in [0.4, 0.5) is 13.2 Å². The molecule has 0 atom stereocenters. The van der Waals surface area contributed by atoms with Gasteiger partial charge in [-0.15, -0.1) is 0 Å². The lowest BCUT2D eigenvalue weighted by atomic mass is 10.1. The number of amides is 1. The van der Waals surface area contributed by atoms with Gasteiger partial charge < -0.3 is 9.47 Å². The lowest BCUT2D eigenvalue weighted by Gasteiger charge is -2.10. The summed E-state index contributed by atoms with van der Waals surface area (Å²) in [6.45, 7) is -0.362. The molecule has 1 amide bonds. The van der Waals surface area contributed by atoms with E-state index in [1.165, 1.54) is 25.3 Å². The molecule has 2 aromatic rings. The van der Waals surface area contributed by atoms with E-state index in [0.717, 1.165) is 12.3 Å². The molecule has 2 rings (SSSR count). The molecule has 25 heavy (non-hydrogen) atoms. The number of ether oxygens (including phenoxy) is 2. The fraction of sp³-hybridized carbons (Fsp3) is 0.176. The molecule has 0 radical (unpaired) electrons. The quantitative estimate of drug-likeness (QED) is 0.641. The molecule has 0 aliphatic carbocycles. The lowest BCUT2D eigenvalue weighted by molar-refractivity contribution is -0.137. The largest absolute Gasteiger partial charge is 0.493 e. The van der Waals surface area contributed by atoms with Crippen LogP contribution in [0.5, 0.6) is 11.5 Å². The van der Waals surface area contributed by atoms with Crippen molar-refractivity contribution in [1.82, 2.24) is 5.43 Å². The summed E-state index contributed by atoms with van der Waals surface area (Å²) in [5, 5.41) is 3.53. The summed E-state index contributed by atoms with van der Waals surface area (Å²) in [6, 6.07) is 11.7. The molecule has 2 aromatic carbocycles. The molecule has 0 aliphatic heterocycles. The second-order valence-corrected chi connectivity index (χ2v) is 4.82. The van der Waals surface area contributed by atoms with Gasteiger partial charge in [-0.1, -0.05) is 30.3 Å². The Hall–Kier alpha value is -3.03. The third-order valence-corrected chi connectivity index (χ3v) is 3.09. The third kappa shape index (κ3) is 5.23. The van der Waals surface area contributed by atoms with Gasteiger partial charge in [-0.2, -0.15) is 18.3 Å². The second kappa shape index (κ2) is 8.18. The van der Waals surface area contributed by atoms with Gasteiger partial charge in [0.2, 0.25) is 0 Å². The van der Waals surface area contributed by atoms with Gasteiger partial charge in [0.15, 0.2) is 18.1 Å². The average molecular weight is 352 g/mol. The second-order valence-electron chi connectivity index (χ2n) is 4.82. The maximum absolute atomic E-state index is 12.8. The van der Waals surface area contributed by atoms with E-state index in [1.807, 2.05) is 0 Å². The van der Waals surface area contributed by atoms with Crippen LogP contribution in [0.2, 0.25) is 0 Å². The number of carbonyl (C=O) groups excluding carboxylic acids is 1. The first kappa shape index (κ1) is 18.3. The van der Waals surface area contributed by atoms with Crippen molar-refractivity contribution in [3.05, 3.63) is 59.7 Å². The maximum atomic E-state index is 12.8. The minimum Gasteiger partial charge on any atom is -0.493 e. The van der Waals surface area contributed by atoms with Crippen LogP contribution in [0, 0.1) is 0 Å². The van der Waals surface area contributed by atoms with E-state index in [0.29, 0.717) is 11.5 Å². The van der Waals surface area contributed by atoms with Crippen LogP contribution in [0.25, 0.3) is 0 Å². The Kier molecular flexibility index (Phi) is 5.99. The Morgan fingerprint density at radius 3 is 2.44 bits per heavy atom. The number of rotatable bonds is 6. The molecule has 0 fully saturated rings. The van der Waals surface area contributed by atoms with Gasteiger partial charge in [0.25, 0.3) is 5.91 Å². The van der Waals surface area contributed by atoms with E-state index in [9.17, 15) is 18.0 Å². The van der Waals surface area contributed by atoms with Crippen molar-refractivity contribution >= 4 is 12.1 Å². The van der Waals surface area contributed by atoms with Crippen LogP contribution in [0.1, 0.15) is 11.1 Å². The number of methoxy groups -OCH3 is 1. The molecule has 132 valence electrons. The van der Waals surface area contributed by atoms with Gasteiger partial charge in [-0.05, 0) is 18.2 Å². The third-order valence-electron chi connectivity index (χ3n) is 3.09. The van der Waals surface area contributed by atoms with E-state index in [1.54, 1.807) is 24.3 Å². The molecule has 5 nitrogen and oxygen atoms in total. The predicted molar refractivity (Wildman–Crippen MR) is 85.7 cm³/mol. The Bertz CT molecular complexity index is 761. The van der Waals surface area contributed by atoms with E-state index in [-0.39, 0.29) is 12.2 Å². The SMILES string of the molecule is COc1ccccc1OCC(=O)N/N=C/c1ccccc1C(F)(F)F. The molecular formula is C17H15F3N2O3. The molecule has 8 heteroatoms. The van der Waals surface area contributed by atoms with Crippen LogP contribution in [0.15, 0.2) is 53.6 Å². The summed E-state index contributed by atoms with van der Waals surface area (Å²) in [4.78, 5) is 11.7. The zero-order valence-corrected chi connectivity index (χ0v) is 13.2. The Balaban J connectivity index is 1.93. The molecule has 0 aliphatic rings. The zero-order chi connectivity index (χ0) is 18.3. The summed E-state index contributed by atoms with van der Waals surface area (Å²) in [5.41, 5.74) is 1.13. The fourth-order valence-corrected chi connectivity index (χ4v) is 1.96. The first-order valence-corrected chi connectivity index (χ1v) is 7.15. The van der Waals surface area contributed by atoms with Gasteiger partial charge >= 0.3 is 6.18 Å². The molecule has 0 saturated carbocycles. The van der Waals surface area contributed by atoms with Crippen molar-refractivity contribution in [2.45, 2.75) is 6.18 Å². The summed E-state index contributed by atoms with van der Waals surface area (Å²) in [6.07, 6.45) is -3.57. The Morgan fingerprint density at radius 2 is 1.76 bits per heavy atom. The molecule has 0 spiro atoms. The molecule has 0 unspecified atom stereocenters. The van der Waals surface area contributed by atoms with Crippen LogP contribution in [-0.2, 0) is 11.0 Å². The molecule has 0 aromatic heterocycles. The number of alkyl halides is 3. The molecule has 0 saturated heterocycles. The first-order chi connectivity index (χ1) is 11.9. The van der Waals surface area contributed by atoms with Crippen molar-refractivity contribution in [3.8, 4) is 11.5 Å². The van der Waals surface area contributed by atoms with Gasteiger partial charge in [0, 0.05) is 5.56 Å². The number of carbonyl (C=O) groups is 1. The molecule has 0 heterocycles. The average Bonchev–Trinajstić information content (AvgIpc) is 2.59. The van der Waals surface area contributed by atoms with Crippen molar-refractivity contribution in [2.24, 2.45) is 5.10 Å². The smallest absolute Gasteiger partial charge is 0.417 e. The number of benzene rings is 2. The number of hydrazone groups is 1. The summed E-state index contributed by atoms with van der Waals surface area (Å²) >= 11 is 0. The zero-order valence-electron chi connectivity index (χ0n) is 13.2. The minimum atomic E-state index is -4.50. The minimum absolute atomic E-state index is 0.152. The summed E-state index contributed by atoms with van der Waals surface area (Å²) in [7, 11) is 1.46. The predicted octanol–water partition coefficient (Wildman–Crippen LogP) is 3.24. The Morgan fingerprint density at radius 1 is 1.12 bits per heavy atom. The molecule has 0 bridgehead atoms. The summed E-state index contributed by atoms with van der Waals surface area (Å²) < 4.78 is 48.8. The normalized spacial score (nSPS) is 11.4. The highest BCUT2D eigenvalue weighted by Gasteiger charge is 2.32. The Labute approximate surface area is 142 Å². The fourth-order valence-electron chi connectivity index (χ4n) is 1.96. The number of halogens is 3. The van der Waals surface area contributed by atoms with Gasteiger partial charge in [0.05, 0.1) is 18.9 Å².